The van der Waals surface area contributed by atoms with Gasteiger partial charge < -0.3 is 5.11 Å². The first-order valence-electron chi connectivity index (χ1n) is 11.6. The predicted octanol–water partition coefficient (Wildman–Crippen LogP) is 6.64. The van der Waals surface area contributed by atoms with E-state index in [1.54, 1.807) is 24.5 Å². The highest BCUT2D eigenvalue weighted by molar-refractivity contribution is 5.94. The minimum absolute atomic E-state index is 0.206. The van der Waals surface area contributed by atoms with Crippen LogP contribution in [0.4, 0.5) is 0 Å². The Hall–Kier alpha value is -4.70. The van der Waals surface area contributed by atoms with Gasteiger partial charge in [0.2, 0.25) is 0 Å². The second kappa shape index (κ2) is 8.58. The van der Waals surface area contributed by atoms with Crippen molar-refractivity contribution in [2.24, 2.45) is 0 Å². The molecule has 0 atom stereocenters. The fourth-order valence-corrected chi connectivity index (χ4v) is 4.99. The summed E-state index contributed by atoms with van der Waals surface area (Å²) < 4.78 is 2.11. The van der Waals surface area contributed by atoms with Crippen LogP contribution in [-0.4, -0.2) is 19.9 Å². The maximum atomic E-state index is 10.4. The van der Waals surface area contributed by atoms with Gasteiger partial charge >= 0.3 is 0 Å². The molecule has 0 unspecified atom stereocenters. The molecule has 0 aliphatic rings. The topological polar surface area (TPSA) is 50.9 Å². The summed E-state index contributed by atoms with van der Waals surface area (Å²) in [6, 6.07) is 40.8. The smallest absolute Gasteiger partial charge is 0.138 e. The average molecular weight is 454 g/mol. The molecule has 2 heterocycles. The van der Waals surface area contributed by atoms with Crippen molar-refractivity contribution in [2.45, 2.75) is 5.54 Å². The Morgan fingerprint density at radius 1 is 0.600 bits per heavy atom. The Bertz CT molecular complexity index is 1480. The number of rotatable bonds is 5. The Morgan fingerprint density at radius 2 is 1.11 bits per heavy atom. The lowest BCUT2D eigenvalue weighted by molar-refractivity contribution is 0.473. The van der Waals surface area contributed by atoms with Crippen LogP contribution in [0.5, 0.6) is 5.75 Å². The lowest BCUT2D eigenvalue weighted by Gasteiger charge is -2.37. The quantitative estimate of drug-likeness (QED) is 0.298. The fourth-order valence-electron chi connectivity index (χ4n) is 4.99. The fraction of sp³-hybridized carbons (Fsp3) is 0.0323. The van der Waals surface area contributed by atoms with Gasteiger partial charge in [-0.15, -0.1) is 0 Å². The Kier molecular flexibility index (Phi) is 5.12. The van der Waals surface area contributed by atoms with Crippen LogP contribution in [0.25, 0.3) is 22.2 Å². The van der Waals surface area contributed by atoms with E-state index in [0.717, 1.165) is 38.9 Å². The van der Waals surface area contributed by atoms with Gasteiger partial charge in [0, 0.05) is 23.3 Å². The molecule has 0 amide bonds. The summed E-state index contributed by atoms with van der Waals surface area (Å²) in [5.41, 5.74) is 5.20. The summed E-state index contributed by atoms with van der Waals surface area (Å²) in [6.07, 6.45) is 3.53. The van der Waals surface area contributed by atoms with Gasteiger partial charge in [0.15, 0.2) is 0 Å². The molecule has 0 saturated carbocycles. The normalized spacial score (nSPS) is 11.5. The first-order valence-corrected chi connectivity index (χ1v) is 11.6. The molecule has 4 aromatic carbocycles. The zero-order chi connectivity index (χ0) is 23.7. The van der Waals surface area contributed by atoms with Gasteiger partial charge in [-0.25, -0.2) is 4.68 Å². The lowest BCUT2D eigenvalue weighted by atomic mass is 9.77. The number of benzene rings is 4. The molecule has 0 fully saturated rings. The van der Waals surface area contributed by atoms with Crippen molar-refractivity contribution in [3.8, 4) is 17.0 Å². The van der Waals surface area contributed by atoms with Gasteiger partial charge in [-0.3, -0.25) is 4.98 Å². The van der Waals surface area contributed by atoms with Crippen molar-refractivity contribution in [1.82, 2.24) is 14.8 Å². The highest BCUT2D eigenvalue weighted by Gasteiger charge is 2.40. The molecule has 4 heteroatoms. The third-order valence-corrected chi connectivity index (χ3v) is 6.51. The highest BCUT2D eigenvalue weighted by atomic mass is 16.3. The number of hydrogen-bond donors (Lipinski definition) is 1. The zero-order valence-corrected chi connectivity index (χ0v) is 19.0. The number of aromatic nitrogens is 3. The van der Waals surface area contributed by atoms with E-state index in [2.05, 4.69) is 82.5 Å². The molecular formula is C31H23N3O. The summed E-state index contributed by atoms with van der Waals surface area (Å²) >= 11 is 0. The molecule has 0 spiro atoms. The Balaban J connectivity index is 1.80. The summed E-state index contributed by atoms with van der Waals surface area (Å²) in [6.45, 7) is 0. The molecule has 0 saturated heterocycles. The highest BCUT2D eigenvalue weighted by Crippen LogP contribution is 2.44. The van der Waals surface area contributed by atoms with Crippen LogP contribution >= 0.6 is 0 Å². The number of fused-ring (bicyclic) bond motifs is 1. The average Bonchev–Trinajstić information content (AvgIpc) is 3.30. The third kappa shape index (κ3) is 3.39. The largest absolute Gasteiger partial charge is 0.508 e. The standard InChI is InChI=1S/C31H23N3O/c35-27-16-17-29-28(22-27)30(23-18-20-32-21-19-23)33-34(29)31(24-10-4-1-5-11-24,25-12-6-2-7-13-25)26-14-8-3-9-15-26/h1-22,35H. The number of phenolic OH excluding ortho intramolecular Hbond substituents is 1. The molecule has 0 radical (unpaired) electrons. The summed E-state index contributed by atoms with van der Waals surface area (Å²) in [4.78, 5) is 4.18. The van der Waals surface area contributed by atoms with Gasteiger partial charge in [0.1, 0.15) is 17.0 Å². The first-order chi connectivity index (χ1) is 17.3. The molecular weight excluding hydrogens is 430 g/mol. The van der Waals surface area contributed by atoms with Crippen LogP contribution in [0.2, 0.25) is 0 Å². The van der Waals surface area contributed by atoms with E-state index in [4.69, 9.17) is 5.10 Å². The Labute approximate surface area is 203 Å². The van der Waals surface area contributed by atoms with Crippen molar-refractivity contribution in [3.63, 3.8) is 0 Å². The molecule has 168 valence electrons. The van der Waals surface area contributed by atoms with Crippen molar-refractivity contribution >= 4 is 10.9 Å². The zero-order valence-electron chi connectivity index (χ0n) is 19.0. The van der Waals surface area contributed by atoms with Crippen LogP contribution in [0.15, 0.2) is 134 Å². The SMILES string of the molecule is Oc1ccc2c(c1)c(-c1ccncc1)nn2C(c1ccccc1)(c1ccccc1)c1ccccc1. The molecule has 2 aromatic heterocycles. The number of pyridine rings is 1. The van der Waals surface area contributed by atoms with Crippen molar-refractivity contribution < 1.29 is 5.11 Å². The number of nitrogens with zero attached hydrogens (tertiary/aromatic N) is 3. The van der Waals surface area contributed by atoms with Crippen molar-refractivity contribution in [1.29, 1.82) is 0 Å². The summed E-state index contributed by atoms with van der Waals surface area (Å²) in [5, 5.41) is 16.6. The van der Waals surface area contributed by atoms with E-state index in [9.17, 15) is 5.11 Å². The molecule has 0 bridgehead atoms. The summed E-state index contributed by atoms with van der Waals surface area (Å²) in [5.74, 6) is 0.206. The minimum atomic E-state index is -0.746. The van der Waals surface area contributed by atoms with E-state index in [1.807, 2.05) is 36.4 Å². The van der Waals surface area contributed by atoms with E-state index >= 15 is 0 Å². The van der Waals surface area contributed by atoms with E-state index < -0.39 is 5.54 Å². The van der Waals surface area contributed by atoms with Crippen LogP contribution in [-0.2, 0) is 5.54 Å². The van der Waals surface area contributed by atoms with Gasteiger partial charge in [0.25, 0.3) is 0 Å². The molecule has 0 aliphatic carbocycles. The van der Waals surface area contributed by atoms with E-state index in [0.29, 0.717) is 0 Å². The van der Waals surface area contributed by atoms with Crippen LogP contribution in [0.1, 0.15) is 16.7 Å². The van der Waals surface area contributed by atoms with Crippen LogP contribution in [0, 0.1) is 0 Å². The third-order valence-electron chi connectivity index (χ3n) is 6.51. The molecule has 0 aliphatic heterocycles. The monoisotopic (exact) mass is 453 g/mol. The van der Waals surface area contributed by atoms with Gasteiger partial charge in [-0.05, 0) is 47.0 Å². The van der Waals surface area contributed by atoms with E-state index in [-0.39, 0.29) is 5.75 Å². The lowest BCUT2D eigenvalue weighted by Crippen LogP contribution is -2.38. The van der Waals surface area contributed by atoms with Crippen LogP contribution < -0.4 is 0 Å². The second-order valence-electron chi connectivity index (χ2n) is 8.51. The molecule has 35 heavy (non-hydrogen) atoms. The van der Waals surface area contributed by atoms with Gasteiger partial charge in [0.05, 0.1) is 5.52 Å². The summed E-state index contributed by atoms with van der Waals surface area (Å²) in [7, 11) is 0. The molecule has 4 nitrogen and oxygen atoms in total. The van der Waals surface area contributed by atoms with Crippen molar-refractivity contribution in [2.75, 3.05) is 0 Å². The Morgan fingerprint density at radius 3 is 1.63 bits per heavy atom. The maximum Gasteiger partial charge on any atom is 0.138 e. The van der Waals surface area contributed by atoms with Gasteiger partial charge in [-0.1, -0.05) is 91.0 Å². The second-order valence-corrected chi connectivity index (χ2v) is 8.51. The molecule has 6 aromatic rings. The molecule has 6 rings (SSSR count). The van der Waals surface area contributed by atoms with Crippen molar-refractivity contribution in [3.05, 3.63) is 150 Å². The number of phenols is 1. The first kappa shape index (κ1) is 20.9. The predicted molar refractivity (Wildman–Crippen MR) is 139 cm³/mol. The number of aromatic hydroxyl groups is 1. The molecule has 1 N–H and O–H groups in total. The minimum Gasteiger partial charge on any atom is -0.508 e. The van der Waals surface area contributed by atoms with Crippen LogP contribution in [0.3, 0.4) is 0 Å². The maximum absolute atomic E-state index is 10.4. The number of hydrogen-bond acceptors (Lipinski definition) is 3. The van der Waals surface area contributed by atoms with Gasteiger partial charge in [-0.2, -0.15) is 5.10 Å². The van der Waals surface area contributed by atoms with E-state index in [1.165, 1.54) is 0 Å².